The number of rotatable bonds is 6. The molecule has 6 heteroatoms. The van der Waals surface area contributed by atoms with Gasteiger partial charge in [-0.3, -0.25) is 0 Å². The molecular formula is C44H35N5S. The zero-order chi connectivity index (χ0) is 34.0. The molecule has 0 amide bonds. The van der Waals surface area contributed by atoms with Crippen LogP contribution in [0, 0.1) is 0 Å². The summed E-state index contributed by atoms with van der Waals surface area (Å²) in [5, 5.41) is 2.30. The highest BCUT2D eigenvalue weighted by Crippen LogP contribution is 2.50. The Hall–Kier alpha value is -5.72. The van der Waals surface area contributed by atoms with E-state index in [-0.39, 0.29) is 5.41 Å². The summed E-state index contributed by atoms with van der Waals surface area (Å²) in [7, 11) is 0. The van der Waals surface area contributed by atoms with Gasteiger partial charge in [0.25, 0.3) is 0 Å². The predicted octanol–water partition coefficient (Wildman–Crippen LogP) is 11.4. The molecule has 0 unspecified atom stereocenters. The van der Waals surface area contributed by atoms with Crippen molar-refractivity contribution in [3.63, 3.8) is 0 Å². The van der Waals surface area contributed by atoms with Crippen molar-refractivity contribution < 1.29 is 0 Å². The predicted molar refractivity (Wildman–Crippen MR) is 210 cm³/mol. The molecule has 2 aliphatic carbocycles. The second kappa shape index (κ2) is 11.7. The zero-order valence-corrected chi connectivity index (χ0v) is 29.1. The fourth-order valence-corrected chi connectivity index (χ4v) is 8.38. The van der Waals surface area contributed by atoms with Gasteiger partial charge in [0.05, 0.1) is 26.8 Å². The van der Waals surface area contributed by atoms with E-state index in [9.17, 15) is 0 Å². The zero-order valence-electron chi connectivity index (χ0n) is 28.3. The lowest BCUT2D eigenvalue weighted by molar-refractivity contribution is 0.640. The van der Waals surface area contributed by atoms with Crippen molar-refractivity contribution in [2.24, 2.45) is 0 Å². The Bertz CT molecular complexity index is 2650. The van der Waals surface area contributed by atoms with E-state index < -0.39 is 0 Å². The van der Waals surface area contributed by atoms with Gasteiger partial charge in [-0.05, 0) is 79.0 Å². The van der Waals surface area contributed by atoms with Crippen LogP contribution in [0.5, 0.6) is 0 Å². The third-order valence-corrected chi connectivity index (χ3v) is 11.3. The average molecular weight is 666 g/mol. The van der Waals surface area contributed by atoms with Gasteiger partial charge in [0.1, 0.15) is 0 Å². The third-order valence-electron chi connectivity index (χ3n) is 10.4. The second-order valence-electron chi connectivity index (χ2n) is 13.5. The van der Waals surface area contributed by atoms with Crippen LogP contribution in [0.2, 0.25) is 0 Å². The fourth-order valence-electron chi connectivity index (χ4n) is 7.53. The van der Waals surface area contributed by atoms with Gasteiger partial charge in [0.2, 0.25) is 0 Å². The van der Waals surface area contributed by atoms with Crippen LogP contribution < -0.4 is 0 Å². The summed E-state index contributed by atoms with van der Waals surface area (Å²) in [5.74, 6) is 2.08. The number of aromatic nitrogens is 5. The van der Waals surface area contributed by atoms with Crippen LogP contribution >= 0.6 is 11.3 Å². The van der Waals surface area contributed by atoms with Gasteiger partial charge in [-0.2, -0.15) is 0 Å². The Labute approximate surface area is 295 Å². The Morgan fingerprint density at radius 2 is 1.60 bits per heavy atom. The minimum atomic E-state index is -0.0900. The first-order chi connectivity index (χ1) is 24.4. The quantitative estimate of drug-likeness (QED) is 0.166. The van der Waals surface area contributed by atoms with Crippen molar-refractivity contribution in [1.29, 1.82) is 0 Å². The molecule has 0 spiro atoms. The molecule has 50 heavy (non-hydrogen) atoms. The van der Waals surface area contributed by atoms with Crippen molar-refractivity contribution in [3.05, 3.63) is 150 Å². The summed E-state index contributed by atoms with van der Waals surface area (Å²) in [6, 6.07) is 29.8. The fraction of sp³-hybridized carbons (Fsp3) is 0.136. The highest BCUT2D eigenvalue weighted by atomic mass is 32.1. The molecule has 5 nitrogen and oxygen atoms in total. The summed E-state index contributed by atoms with van der Waals surface area (Å²) in [4.78, 5) is 19.7. The number of benzene rings is 4. The molecule has 4 aromatic carbocycles. The number of thiazole rings is 1. The van der Waals surface area contributed by atoms with Crippen LogP contribution in [-0.4, -0.2) is 24.5 Å². The van der Waals surface area contributed by atoms with Gasteiger partial charge in [-0.15, -0.1) is 11.3 Å². The van der Waals surface area contributed by atoms with Gasteiger partial charge in [-0.1, -0.05) is 98.8 Å². The van der Waals surface area contributed by atoms with Gasteiger partial charge in [-0.25, -0.2) is 19.9 Å². The second-order valence-corrected chi connectivity index (χ2v) is 14.4. The molecule has 0 radical (unpaired) electrons. The highest BCUT2D eigenvalue weighted by Gasteiger charge is 2.36. The molecule has 242 valence electrons. The topological polar surface area (TPSA) is 56.5 Å². The van der Waals surface area contributed by atoms with E-state index in [2.05, 4.69) is 128 Å². The number of hydrogen-bond acceptors (Lipinski definition) is 5. The summed E-state index contributed by atoms with van der Waals surface area (Å²) in [5.41, 5.74) is 14.4. The van der Waals surface area contributed by atoms with Crippen molar-refractivity contribution in [1.82, 2.24) is 24.5 Å². The van der Waals surface area contributed by atoms with Gasteiger partial charge in [0, 0.05) is 38.6 Å². The van der Waals surface area contributed by atoms with Crippen LogP contribution in [0.25, 0.3) is 71.6 Å². The van der Waals surface area contributed by atoms with Crippen LogP contribution in [0.15, 0.2) is 133 Å². The van der Waals surface area contributed by atoms with Crippen molar-refractivity contribution in [2.45, 2.75) is 39.0 Å². The minimum Gasteiger partial charge on any atom is -0.309 e. The van der Waals surface area contributed by atoms with E-state index in [1.165, 1.54) is 27.0 Å². The monoisotopic (exact) mass is 665 g/mol. The van der Waals surface area contributed by atoms with Crippen molar-refractivity contribution in [2.75, 3.05) is 0 Å². The molecule has 7 aromatic rings. The smallest absolute Gasteiger partial charge is 0.164 e. The molecular weight excluding hydrogens is 631 g/mol. The van der Waals surface area contributed by atoms with Gasteiger partial charge in [0.15, 0.2) is 17.5 Å². The molecule has 0 bridgehead atoms. The Morgan fingerprint density at radius 3 is 2.40 bits per heavy atom. The normalized spacial score (nSPS) is 15.7. The average Bonchev–Trinajstić information content (AvgIpc) is 3.83. The van der Waals surface area contributed by atoms with E-state index in [0.717, 1.165) is 68.4 Å². The number of para-hydroxylation sites is 1. The summed E-state index contributed by atoms with van der Waals surface area (Å²) in [6.07, 6.45) is 12.6. The van der Waals surface area contributed by atoms with E-state index >= 15 is 0 Å². The lowest BCUT2D eigenvalue weighted by atomic mass is 9.82. The molecule has 0 aliphatic heterocycles. The highest BCUT2D eigenvalue weighted by molar-refractivity contribution is 7.17. The van der Waals surface area contributed by atoms with Crippen molar-refractivity contribution >= 4 is 60.2 Å². The Kier molecular flexibility index (Phi) is 7.11. The summed E-state index contributed by atoms with van der Waals surface area (Å²) >= 11 is 1.72. The van der Waals surface area contributed by atoms with Crippen molar-refractivity contribution in [3.8, 4) is 22.8 Å². The molecule has 0 saturated carbocycles. The first-order valence-electron chi connectivity index (χ1n) is 17.1. The number of nitrogens with zero attached hydrogens (tertiary/aromatic N) is 5. The number of fused-ring (bicyclic) bond motifs is 6. The molecule has 0 atom stereocenters. The number of hydrogen-bond donors (Lipinski definition) is 0. The molecule has 2 aliphatic rings. The number of allylic oxidation sites excluding steroid dienone is 9. The first kappa shape index (κ1) is 30.3. The van der Waals surface area contributed by atoms with E-state index in [1.807, 2.05) is 29.8 Å². The molecule has 0 saturated heterocycles. The van der Waals surface area contributed by atoms with Crippen LogP contribution in [-0.2, 0) is 5.41 Å². The molecule has 9 rings (SSSR count). The van der Waals surface area contributed by atoms with Crippen LogP contribution in [0.1, 0.15) is 50.6 Å². The van der Waals surface area contributed by atoms with Gasteiger partial charge < -0.3 is 4.57 Å². The maximum absolute atomic E-state index is 5.06. The minimum absolute atomic E-state index is 0.0900. The first-order valence-corrected chi connectivity index (χ1v) is 17.9. The Balaban J connectivity index is 1.24. The van der Waals surface area contributed by atoms with E-state index in [4.69, 9.17) is 15.0 Å². The lowest BCUT2D eigenvalue weighted by Gasteiger charge is -2.22. The lowest BCUT2D eigenvalue weighted by Crippen LogP contribution is -2.15. The molecule has 3 heterocycles. The summed E-state index contributed by atoms with van der Waals surface area (Å²) in [6.45, 7) is 11.3. The molecule has 3 aromatic heterocycles. The SMILES string of the molecule is C=C/C(=C\C1=C(C)C(C)(C)c2ccc3ncsc3c21)n1c2ccccc2c2cc(-c3nc(C4=CC=CCC4)nc(-c4ccccc4)n3)ccc21. The van der Waals surface area contributed by atoms with E-state index in [1.54, 1.807) is 11.3 Å². The van der Waals surface area contributed by atoms with Crippen LogP contribution in [0.4, 0.5) is 0 Å². The maximum Gasteiger partial charge on any atom is 0.164 e. The van der Waals surface area contributed by atoms with E-state index in [0.29, 0.717) is 11.6 Å². The third kappa shape index (κ3) is 4.74. The molecule has 0 N–H and O–H groups in total. The van der Waals surface area contributed by atoms with Crippen LogP contribution in [0.3, 0.4) is 0 Å². The largest absolute Gasteiger partial charge is 0.309 e. The standard InChI is InChI=1S/C44H35N5S/c1-5-31(25-33-27(2)44(3,4)35-21-22-36-40(39(33)35)50-26-45-36)49-37-19-13-12-18-32(37)34-24-30(20-23-38(34)49)43-47-41(28-14-8-6-9-15-28)46-42(48-43)29-16-10-7-11-17-29/h5-10,12-16,18-26H,1,11,17H2,2-4H3/b31-25+. The Morgan fingerprint density at radius 1 is 0.840 bits per heavy atom. The van der Waals surface area contributed by atoms with Gasteiger partial charge >= 0.3 is 0 Å². The molecule has 0 fully saturated rings. The maximum atomic E-state index is 5.06. The summed E-state index contributed by atoms with van der Waals surface area (Å²) < 4.78 is 3.58.